The molecule has 0 unspecified atom stereocenters. The fourth-order valence-electron chi connectivity index (χ4n) is 0.333. The zero-order chi connectivity index (χ0) is 5.86. The predicted octanol–water partition coefficient (Wildman–Crippen LogP) is 2.61. The molecule has 0 nitrogen and oxygen atoms in total. The van der Waals surface area contributed by atoms with E-state index in [2.05, 4.69) is 33.8 Å². The molecule has 0 saturated heterocycles. The normalized spacial score (nSPS) is 13.0. The average Bonchev–Trinajstić information content (AvgIpc) is 1.65. The lowest BCUT2D eigenvalue weighted by atomic mass is 10.1. The van der Waals surface area contributed by atoms with Crippen LogP contribution in [-0.2, 0) is 0 Å². The van der Waals surface area contributed by atoms with Crippen LogP contribution in [0.25, 0.3) is 0 Å². The SMILES string of the molecule is C/C=C(\C)C(C)C. The Labute approximate surface area is 46.2 Å². The fourth-order valence-corrected chi connectivity index (χ4v) is 0.333. The maximum Gasteiger partial charge on any atom is -0.0263 e. The molecule has 0 heteroatoms. The molecule has 0 radical (unpaired) electrons. The summed E-state index contributed by atoms with van der Waals surface area (Å²) >= 11 is 0. The van der Waals surface area contributed by atoms with Gasteiger partial charge in [0.15, 0.2) is 0 Å². The Bertz CT molecular complexity index is 68.1. The summed E-state index contributed by atoms with van der Waals surface area (Å²) in [6, 6.07) is 0. The van der Waals surface area contributed by atoms with Crippen LogP contribution < -0.4 is 0 Å². The average molecular weight is 98.2 g/mol. The van der Waals surface area contributed by atoms with Crippen molar-refractivity contribution in [2.75, 3.05) is 0 Å². The summed E-state index contributed by atoms with van der Waals surface area (Å²) in [4.78, 5) is 0. The second-order valence-electron chi connectivity index (χ2n) is 2.19. The molecule has 0 amide bonds. The summed E-state index contributed by atoms with van der Waals surface area (Å²) in [7, 11) is 0. The number of hydrogen-bond acceptors (Lipinski definition) is 0. The highest BCUT2D eigenvalue weighted by Gasteiger charge is 1.90. The van der Waals surface area contributed by atoms with Gasteiger partial charge >= 0.3 is 0 Å². The van der Waals surface area contributed by atoms with Crippen molar-refractivity contribution in [2.45, 2.75) is 27.7 Å². The van der Waals surface area contributed by atoms with Crippen LogP contribution in [-0.4, -0.2) is 0 Å². The van der Waals surface area contributed by atoms with Gasteiger partial charge in [-0.1, -0.05) is 25.5 Å². The molecular formula is C7H14. The molecule has 7 heavy (non-hydrogen) atoms. The molecule has 0 rings (SSSR count). The summed E-state index contributed by atoms with van der Waals surface area (Å²) in [5.41, 5.74) is 1.47. The van der Waals surface area contributed by atoms with E-state index in [-0.39, 0.29) is 0 Å². The van der Waals surface area contributed by atoms with Gasteiger partial charge in [-0.15, -0.1) is 0 Å². The van der Waals surface area contributed by atoms with Gasteiger partial charge in [-0.25, -0.2) is 0 Å². The Morgan fingerprint density at radius 2 is 1.86 bits per heavy atom. The van der Waals surface area contributed by atoms with E-state index in [1.807, 2.05) is 0 Å². The molecule has 0 heterocycles. The van der Waals surface area contributed by atoms with E-state index in [4.69, 9.17) is 0 Å². The van der Waals surface area contributed by atoms with Crippen LogP contribution >= 0.6 is 0 Å². The van der Waals surface area contributed by atoms with Gasteiger partial charge in [0, 0.05) is 0 Å². The van der Waals surface area contributed by atoms with Gasteiger partial charge in [0.2, 0.25) is 0 Å². The molecular weight excluding hydrogens is 84.1 g/mol. The fraction of sp³-hybridized carbons (Fsp3) is 0.714. The first-order chi connectivity index (χ1) is 3.18. The lowest BCUT2D eigenvalue weighted by molar-refractivity contribution is 0.767. The minimum absolute atomic E-state index is 0.727. The van der Waals surface area contributed by atoms with Gasteiger partial charge in [0.05, 0.1) is 0 Å². The molecule has 0 N–H and O–H groups in total. The van der Waals surface area contributed by atoms with Crippen molar-refractivity contribution in [2.24, 2.45) is 5.92 Å². The number of rotatable bonds is 1. The van der Waals surface area contributed by atoms with Crippen LogP contribution in [0, 0.1) is 5.92 Å². The summed E-state index contributed by atoms with van der Waals surface area (Å²) in [6.45, 7) is 8.64. The van der Waals surface area contributed by atoms with Crippen molar-refractivity contribution in [1.29, 1.82) is 0 Å². The van der Waals surface area contributed by atoms with Crippen molar-refractivity contribution >= 4 is 0 Å². The molecule has 0 aromatic heterocycles. The monoisotopic (exact) mass is 98.1 g/mol. The zero-order valence-corrected chi connectivity index (χ0v) is 5.65. The third kappa shape index (κ3) is 2.44. The predicted molar refractivity (Wildman–Crippen MR) is 34.3 cm³/mol. The van der Waals surface area contributed by atoms with E-state index in [0.29, 0.717) is 0 Å². The Hall–Kier alpha value is -0.260. The molecule has 0 fully saturated rings. The van der Waals surface area contributed by atoms with Crippen molar-refractivity contribution < 1.29 is 0 Å². The maximum absolute atomic E-state index is 2.20. The van der Waals surface area contributed by atoms with E-state index in [1.54, 1.807) is 0 Å². The molecule has 42 valence electrons. The molecule has 0 aliphatic rings. The molecule has 0 saturated carbocycles. The first-order valence-electron chi connectivity index (χ1n) is 2.81. The third-order valence-electron chi connectivity index (χ3n) is 1.37. The van der Waals surface area contributed by atoms with Crippen LogP contribution in [0.1, 0.15) is 27.7 Å². The molecule has 0 atom stereocenters. The molecule has 0 spiro atoms. The lowest BCUT2D eigenvalue weighted by Gasteiger charge is -2.00. The van der Waals surface area contributed by atoms with Crippen LogP contribution in [0.4, 0.5) is 0 Å². The molecule has 0 bridgehead atoms. The Kier molecular flexibility index (Phi) is 2.73. The molecule has 0 aliphatic carbocycles. The summed E-state index contributed by atoms with van der Waals surface area (Å²) < 4.78 is 0. The molecule has 0 aliphatic heterocycles. The van der Waals surface area contributed by atoms with Gasteiger partial charge in [-0.05, 0) is 19.8 Å². The molecule has 0 aromatic rings. The highest BCUT2D eigenvalue weighted by molar-refractivity contribution is 4.97. The van der Waals surface area contributed by atoms with Crippen LogP contribution in [0.15, 0.2) is 11.6 Å². The maximum atomic E-state index is 2.20. The van der Waals surface area contributed by atoms with Gasteiger partial charge in [-0.3, -0.25) is 0 Å². The molecule has 0 aromatic carbocycles. The lowest BCUT2D eigenvalue weighted by Crippen LogP contribution is -1.85. The van der Waals surface area contributed by atoms with E-state index in [0.717, 1.165) is 5.92 Å². The smallest absolute Gasteiger partial charge is 0.0263 e. The van der Waals surface area contributed by atoms with E-state index in [9.17, 15) is 0 Å². The topological polar surface area (TPSA) is 0 Å². The van der Waals surface area contributed by atoms with Crippen molar-refractivity contribution in [3.8, 4) is 0 Å². The Morgan fingerprint density at radius 1 is 1.43 bits per heavy atom. The minimum Gasteiger partial charge on any atom is -0.0885 e. The van der Waals surface area contributed by atoms with Gasteiger partial charge in [-0.2, -0.15) is 0 Å². The first kappa shape index (κ1) is 6.74. The van der Waals surface area contributed by atoms with E-state index < -0.39 is 0 Å². The quantitative estimate of drug-likeness (QED) is 0.442. The van der Waals surface area contributed by atoms with Crippen LogP contribution in [0.5, 0.6) is 0 Å². The summed E-state index contributed by atoms with van der Waals surface area (Å²) in [5, 5.41) is 0. The summed E-state index contributed by atoms with van der Waals surface area (Å²) in [5.74, 6) is 0.727. The Morgan fingerprint density at radius 3 is 1.86 bits per heavy atom. The van der Waals surface area contributed by atoms with Crippen LogP contribution in [0.2, 0.25) is 0 Å². The van der Waals surface area contributed by atoms with Crippen molar-refractivity contribution in [1.82, 2.24) is 0 Å². The Balaban J connectivity index is 3.56. The highest BCUT2D eigenvalue weighted by atomic mass is 14.0. The van der Waals surface area contributed by atoms with E-state index >= 15 is 0 Å². The first-order valence-corrected chi connectivity index (χ1v) is 2.81. The second kappa shape index (κ2) is 2.84. The van der Waals surface area contributed by atoms with Crippen LogP contribution in [0.3, 0.4) is 0 Å². The van der Waals surface area contributed by atoms with Gasteiger partial charge in [0.1, 0.15) is 0 Å². The third-order valence-corrected chi connectivity index (χ3v) is 1.37. The minimum atomic E-state index is 0.727. The standard InChI is InChI=1S/C7H14/c1-5-7(4)6(2)3/h5-6H,1-4H3/b7-5+. The number of allylic oxidation sites excluding steroid dienone is 2. The highest BCUT2D eigenvalue weighted by Crippen LogP contribution is 2.05. The number of hydrogen-bond donors (Lipinski definition) is 0. The largest absolute Gasteiger partial charge is 0.0885 e. The van der Waals surface area contributed by atoms with E-state index in [1.165, 1.54) is 5.57 Å². The van der Waals surface area contributed by atoms with Gasteiger partial charge in [0.25, 0.3) is 0 Å². The van der Waals surface area contributed by atoms with Gasteiger partial charge < -0.3 is 0 Å². The zero-order valence-electron chi connectivity index (χ0n) is 5.65. The van der Waals surface area contributed by atoms with Crippen molar-refractivity contribution in [3.05, 3.63) is 11.6 Å². The van der Waals surface area contributed by atoms with Crippen molar-refractivity contribution in [3.63, 3.8) is 0 Å². The second-order valence-corrected chi connectivity index (χ2v) is 2.19. The summed E-state index contributed by atoms with van der Waals surface area (Å²) in [6.07, 6.45) is 2.16.